The van der Waals surface area contributed by atoms with E-state index in [9.17, 15) is 5.26 Å². The first kappa shape index (κ1) is 35.5. The predicted molar refractivity (Wildman–Crippen MR) is 247 cm³/mol. The summed E-state index contributed by atoms with van der Waals surface area (Å²) in [5, 5.41) is 11.6. The van der Waals surface area contributed by atoms with E-state index in [0.717, 1.165) is 72.3 Å². The Kier molecular flexibility index (Phi) is 8.06. The monoisotopic (exact) mass is 790 g/mol. The standard InChI is InChI=1S/C57H34N4O/c58-35-36-19-20-42-32-43(26-25-41(42)31-36)45-28-30-53-51(34-45)57(48-17-9-7-15-46(48)47-16-8-10-18-49(47)57)50-33-44(27-29-52(50)62-53)37-21-23-40(24-22-37)56-60-54(38-11-3-1-4-12-38)59-55(61-56)39-13-5-2-6-14-39/h1-34H. The summed E-state index contributed by atoms with van der Waals surface area (Å²) in [6.07, 6.45) is 0. The number of aromatic nitrogens is 3. The molecule has 9 aromatic carbocycles. The second-order valence-electron chi connectivity index (χ2n) is 15.9. The lowest BCUT2D eigenvalue weighted by Crippen LogP contribution is -2.32. The van der Waals surface area contributed by atoms with Gasteiger partial charge in [-0.1, -0.05) is 164 Å². The normalized spacial score (nSPS) is 12.8. The molecule has 0 atom stereocenters. The minimum Gasteiger partial charge on any atom is -0.457 e. The molecule has 0 unspecified atom stereocenters. The van der Waals surface area contributed by atoms with Crippen LogP contribution in [0, 0.1) is 11.3 Å². The first-order valence-corrected chi connectivity index (χ1v) is 20.7. The molecule has 5 heteroatoms. The highest BCUT2D eigenvalue weighted by atomic mass is 16.5. The lowest BCUT2D eigenvalue weighted by atomic mass is 9.65. The molecule has 0 saturated heterocycles. The predicted octanol–water partition coefficient (Wildman–Crippen LogP) is 13.7. The maximum atomic E-state index is 9.50. The number of nitriles is 1. The van der Waals surface area contributed by atoms with Gasteiger partial charge in [0.2, 0.25) is 0 Å². The summed E-state index contributed by atoms with van der Waals surface area (Å²) in [4.78, 5) is 14.8. The highest BCUT2D eigenvalue weighted by molar-refractivity contribution is 5.92. The van der Waals surface area contributed by atoms with Crippen molar-refractivity contribution in [2.24, 2.45) is 0 Å². The molecule has 1 aliphatic carbocycles. The molecule has 2 aliphatic rings. The Labute approximate surface area is 358 Å². The van der Waals surface area contributed by atoms with Gasteiger partial charge in [0.15, 0.2) is 17.5 Å². The van der Waals surface area contributed by atoms with Gasteiger partial charge >= 0.3 is 0 Å². The minimum atomic E-state index is -0.646. The Morgan fingerprint density at radius 2 is 0.774 bits per heavy atom. The molecule has 1 aromatic heterocycles. The Balaban J connectivity index is 1.000. The lowest BCUT2D eigenvalue weighted by Gasteiger charge is -2.40. The minimum absolute atomic E-state index is 0.618. The molecule has 62 heavy (non-hydrogen) atoms. The van der Waals surface area contributed by atoms with Crippen molar-refractivity contribution < 1.29 is 4.74 Å². The Hall–Kier alpha value is -8.46. The summed E-state index contributed by atoms with van der Waals surface area (Å²) < 4.78 is 6.89. The van der Waals surface area contributed by atoms with Crippen molar-refractivity contribution >= 4 is 10.8 Å². The van der Waals surface area contributed by atoms with E-state index in [1.807, 2.05) is 78.9 Å². The van der Waals surface area contributed by atoms with Crippen LogP contribution in [0.3, 0.4) is 0 Å². The summed E-state index contributed by atoms with van der Waals surface area (Å²) in [7, 11) is 0. The van der Waals surface area contributed by atoms with Gasteiger partial charge in [-0.2, -0.15) is 5.26 Å². The molecule has 0 fully saturated rings. The van der Waals surface area contributed by atoms with Crippen LogP contribution in [0.2, 0.25) is 0 Å². The van der Waals surface area contributed by atoms with Crippen LogP contribution in [-0.2, 0) is 5.41 Å². The van der Waals surface area contributed by atoms with Gasteiger partial charge in [-0.15, -0.1) is 0 Å². The van der Waals surface area contributed by atoms with E-state index in [2.05, 4.69) is 133 Å². The third-order valence-electron chi connectivity index (χ3n) is 12.4. The fourth-order valence-electron chi connectivity index (χ4n) is 9.51. The average molecular weight is 791 g/mol. The van der Waals surface area contributed by atoms with Crippen LogP contribution in [0.5, 0.6) is 11.5 Å². The molecule has 1 aliphatic heterocycles. The van der Waals surface area contributed by atoms with Crippen LogP contribution in [0.1, 0.15) is 27.8 Å². The number of benzene rings is 9. The fraction of sp³-hybridized carbons (Fsp3) is 0.0175. The lowest BCUT2D eigenvalue weighted by molar-refractivity contribution is 0.436. The van der Waals surface area contributed by atoms with E-state index < -0.39 is 5.41 Å². The molecule has 0 N–H and O–H groups in total. The molecule has 1 spiro atoms. The van der Waals surface area contributed by atoms with Gasteiger partial charge in [0, 0.05) is 27.8 Å². The smallest absolute Gasteiger partial charge is 0.164 e. The summed E-state index contributed by atoms with van der Waals surface area (Å²) in [5.41, 5.74) is 14.3. The number of ether oxygens (including phenoxy) is 1. The number of fused-ring (bicyclic) bond motifs is 10. The van der Waals surface area contributed by atoms with Crippen LogP contribution < -0.4 is 4.74 Å². The molecular formula is C57H34N4O. The zero-order valence-electron chi connectivity index (χ0n) is 33.3. The zero-order chi connectivity index (χ0) is 41.2. The van der Waals surface area contributed by atoms with Crippen molar-refractivity contribution in [3.63, 3.8) is 0 Å². The summed E-state index contributed by atoms with van der Waals surface area (Å²) >= 11 is 0. The first-order chi connectivity index (χ1) is 30.6. The summed E-state index contributed by atoms with van der Waals surface area (Å²) in [6, 6.07) is 74.1. The van der Waals surface area contributed by atoms with Crippen molar-refractivity contribution in [1.29, 1.82) is 5.26 Å². The van der Waals surface area contributed by atoms with Gasteiger partial charge in [0.1, 0.15) is 11.5 Å². The third-order valence-corrected chi connectivity index (χ3v) is 12.4. The quantitative estimate of drug-likeness (QED) is 0.174. The van der Waals surface area contributed by atoms with Gasteiger partial charge in [-0.3, -0.25) is 0 Å². The van der Waals surface area contributed by atoms with E-state index >= 15 is 0 Å². The van der Waals surface area contributed by atoms with Crippen LogP contribution in [-0.4, -0.2) is 15.0 Å². The second-order valence-corrected chi connectivity index (χ2v) is 15.9. The summed E-state index contributed by atoms with van der Waals surface area (Å²) in [5.74, 6) is 3.56. The second kappa shape index (κ2) is 14.1. The van der Waals surface area contributed by atoms with Crippen molar-refractivity contribution in [2.45, 2.75) is 5.41 Å². The maximum absolute atomic E-state index is 9.50. The number of hydrogen-bond acceptors (Lipinski definition) is 5. The van der Waals surface area contributed by atoms with Crippen molar-refractivity contribution in [3.8, 4) is 85.1 Å². The van der Waals surface area contributed by atoms with E-state index in [4.69, 9.17) is 19.7 Å². The van der Waals surface area contributed by atoms with E-state index in [1.54, 1.807) is 0 Å². The maximum Gasteiger partial charge on any atom is 0.164 e. The van der Waals surface area contributed by atoms with Crippen molar-refractivity contribution in [1.82, 2.24) is 15.0 Å². The molecule has 0 saturated carbocycles. The van der Waals surface area contributed by atoms with Gasteiger partial charge in [0.25, 0.3) is 0 Å². The van der Waals surface area contributed by atoms with Crippen molar-refractivity contribution in [2.75, 3.05) is 0 Å². The molecule has 10 aromatic rings. The molecule has 0 amide bonds. The number of nitrogens with zero attached hydrogens (tertiary/aromatic N) is 4. The molecule has 288 valence electrons. The van der Waals surface area contributed by atoms with E-state index in [1.165, 1.54) is 22.3 Å². The molecule has 12 rings (SSSR count). The van der Waals surface area contributed by atoms with E-state index in [0.29, 0.717) is 23.0 Å². The third kappa shape index (κ3) is 5.58. The molecule has 5 nitrogen and oxygen atoms in total. The van der Waals surface area contributed by atoms with Gasteiger partial charge in [-0.25, -0.2) is 15.0 Å². The SMILES string of the molecule is N#Cc1ccc2cc(-c3ccc4c(c3)C3(c5cc(-c6ccc(-c7nc(-c8ccccc8)nc(-c8ccccc8)n7)cc6)ccc5O4)c4ccccc4-c4ccccc43)ccc2c1. The van der Waals surface area contributed by atoms with Crippen LogP contribution in [0.15, 0.2) is 206 Å². The largest absolute Gasteiger partial charge is 0.457 e. The fourth-order valence-corrected chi connectivity index (χ4v) is 9.51. The summed E-state index contributed by atoms with van der Waals surface area (Å²) in [6.45, 7) is 0. The first-order valence-electron chi connectivity index (χ1n) is 20.7. The van der Waals surface area contributed by atoms with Gasteiger partial charge in [-0.05, 0) is 97.7 Å². The van der Waals surface area contributed by atoms with Crippen LogP contribution in [0.4, 0.5) is 0 Å². The average Bonchev–Trinajstić information content (AvgIpc) is 3.64. The highest BCUT2D eigenvalue weighted by Crippen LogP contribution is 2.62. The Morgan fingerprint density at radius 1 is 0.355 bits per heavy atom. The van der Waals surface area contributed by atoms with Crippen LogP contribution in [0.25, 0.3) is 78.3 Å². The highest BCUT2D eigenvalue weighted by Gasteiger charge is 2.51. The Morgan fingerprint density at radius 3 is 1.34 bits per heavy atom. The van der Waals surface area contributed by atoms with Gasteiger partial charge in [0.05, 0.1) is 17.0 Å². The van der Waals surface area contributed by atoms with Crippen molar-refractivity contribution in [3.05, 3.63) is 234 Å². The number of rotatable bonds is 5. The molecule has 2 heterocycles. The zero-order valence-corrected chi connectivity index (χ0v) is 33.3. The molecule has 0 bridgehead atoms. The van der Waals surface area contributed by atoms with E-state index in [-0.39, 0.29) is 0 Å². The molecular weight excluding hydrogens is 757 g/mol. The topological polar surface area (TPSA) is 71.7 Å². The van der Waals surface area contributed by atoms with Crippen LogP contribution >= 0.6 is 0 Å². The Bertz CT molecular complexity index is 3340. The van der Waals surface area contributed by atoms with Gasteiger partial charge < -0.3 is 4.74 Å². The molecule has 0 radical (unpaired) electrons. The number of hydrogen-bond donors (Lipinski definition) is 0.